The van der Waals surface area contributed by atoms with Gasteiger partial charge in [0.2, 0.25) is 0 Å². The molecule has 0 fully saturated rings. The fourth-order valence-corrected chi connectivity index (χ4v) is 2.98. The minimum Gasteiger partial charge on any atom is -0.478 e. The van der Waals surface area contributed by atoms with Crippen molar-refractivity contribution in [3.05, 3.63) is 23.8 Å². The van der Waals surface area contributed by atoms with E-state index in [1.165, 1.54) is 0 Å². The summed E-state index contributed by atoms with van der Waals surface area (Å²) in [7, 11) is -0.452. The predicted octanol–water partition coefficient (Wildman–Crippen LogP) is 2.31. The minimum atomic E-state index is -0.920. The molecular weight excluding hydrogens is 218 g/mol. The van der Waals surface area contributed by atoms with Crippen LogP contribution in [0.2, 0.25) is 0 Å². The maximum atomic E-state index is 10.7. The number of hydrogen-bond donors (Lipinski definition) is 3. The van der Waals surface area contributed by atoms with Crippen LogP contribution in [0, 0.1) is 0 Å². The van der Waals surface area contributed by atoms with Crippen LogP contribution in [0.25, 0.3) is 0 Å². The van der Waals surface area contributed by atoms with E-state index in [1.54, 1.807) is 12.1 Å². The highest BCUT2D eigenvalue weighted by Gasteiger charge is 2.19. The van der Waals surface area contributed by atoms with Crippen molar-refractivity contribution in [3.8, 4) is 0 Å². The minimum absolute atomic E-state index is 0.277. The molecule has 1 unspecified atom stereocenters. The fourth-order valence-electron chi connectivity index (χ4n) is 1.32. The Morgan fingerprint density at radius 2 is 2.29 bits per heavy atom. The van der Waals surface area contributed by atoms with Gasteiger partial charge in [-0.3, -0.25) is 0 Å². The summed E-state index contributed by atoms with van der Waals surface area (Å²) in [6.07, 6.45) is 2.06. The van der Waals surface area contributed by atoms with Gasteiger partial charge >= 0.3 is 5.97 Å². The molecule has 1 aliphatic heterocycles. The zero-order chi connectivity index (χ0) is 10.3. The Bertz CT molecular complexity index is 442. The summed E-state index contributed by atoms with van der Waals surface area (Å²) in [5.74, 6) is -0.920. The van der Waals surface area contributed by atoms with E-state index in [4.69, 9.17) is 5.11 Å². The number of benzene rings is 1. The van der Waals surface area contributed by atoms with E-state index < -0.39 is 16.9 Å². The molecule has 0 spiro atoms. The lowest BCUT2D eigenvalue weighted by Crippen LogP contribution is -1.95. The third-order valence-corrected chi connectivity index (χ3v) is 4.91. The molecule has 0 saturated heterocycles. The molecule has 1 heterocycles. The summed E-state index contributed by atoms with van der Waals surface area (Å²) >= 11 is 4.25. The van der Waals surface area contributed by atoms with Crippen LogP contribution in [0.1, 0.15) is 10.4 Å². The first-order valence-corrected chi connectivity index (χ1v) is 6.22. The largest absolute Gasteiger partial charge is 0.478 e. The molecule has 1 aromatic carbocycles. The van der Waals surface area contributed by atoms with Crippen LogP contribution in [-0.4, -0.2) is 21.7 Å². The molecule has 1 N–H and O–H groups in total. The van der Waals surface area contributed by atoms with Gasteiger partial charge in [-0.1, -0.05) is 0 Å². The second-order valence-corrected chi connectivity index (χ2v) is 5.78. The summed E-state index contributed by atoms with van der Waals surface area (Å²) < 4.78 is 0.803. The number of hydrogen-bond acceptors (Lipinski definition) is 2. The summed E-state index contributed by atoms with van der Waals surface area (Å²) in [5, 5.41) is 8.79. The summed E-state index contributed by atoms with van der Waals surface area (Å²) in [4.78, 5) is 16.0. The highest BCUT2D eigenvalue weighted by atomic mass is 32.2. The maximum absolute atomic E-state index is 10.7. The third kappa shape index (κ3) is 1.42. The monoisotopic (exact) mass is 227 g/mol. The smallest absolute Gasteiger partial charge is 0.335 e. The number of aliphatic imine (C=N–C) groups is 1. The molecule has 2 rings (SSSR count). The molecule has 0 saturated carbocycles. The number of carboxylic acids is 1. The lowest BCUT2D eigenvalue weighted by molar-refractivity contribution is 0.0697. The van der Waals surface area contributed by atoms with Crippen LogP contribution >= 0.6 is 23.5 Å². The van der Waals surface area contributed by atoms with Crippen molar-refractivity contribution < 1.29 is 9.90 Å². The summed E-state index contributed by atoms with van der Waals surface area (Å²) in [6.45, 7) is 0. The van der Waals surface area contributed by atoms with Crippen LogP contribution in [0.3, 0.4) is 0 Å². The van der Waals surface area contributed by atoms with Crippen molar-refractivity contribution in [2.75, 3.05) is 6.26 Å². The number of thiol groups is 2. The zero-order valence-electron chi connectivity index (χ0n) is 7.43. The molecule has 1 aliphatic rings. The lowest BCUT2D eigenvalue weighted by atomic mass is 10.2. The highest BCUT2D eigenvalue weighted by molar-refractivity contribution is 8.43. The molecule has 74 valence electrons. The van der Waals surface area contributed by atoms with Crippen LogP contribution in [0.15, 0.2) is 28.1 Å². The fraction of sp³-hybridized carbons (Fsp3) is 0.111. The summed E-state index contributed by atoms with van der Waals surface area (Å²) in [5.41, 5.74) is 1.03. The van der Waals surface area contributed by atoms with E-state index >= 15 is 0 Å². The molecule has 1 atom stereocenters. The first kappa shape index (κ1) is 9.61. The number of aromatic carboxylic acids is 1. The first-order chi connectivity index (χ1) is 6.59. The highest BCUT2D eigenvalue weighted by Crippen LogP contribution is 2.48. The van der Waals surface area contributed by atoms with Crippen LogP contribution < -0.4 is 0 Å². The zero-order valence-corrected chi connectivity index (χ0v) is 9.22. The molecule has 5 heteroatoms. The van der Waals surface area contributed by atoms with Gasteiger partial charge in [0, 0.05) is 4.90 Å². The van der Waals surface area contributed by atoms with Crippen molar-refractivity contribution in [2.24, 2.45) is 4.99 Å². The normalized spacial score (nSPS) is 21.6. The number of fused-ring (bicyclic) bond motifs is 1. The summed E-state index contributed by atoms with van der Waals surface area (Å²) in [6, 6.07) is 5.04. The van der Waals surface area contributed by atoms with Gasteiger partial charge in [0.15, 0.2) is 0 Å². The van der Waals surface area contributed by atoms with E-state index in [0.717, 1.165) is 15.0 Å². The van der Waals surface area contributed by atoms with Gasteiger partial charge in [-0.2, -0.15) is 10.9 Å². The Labute approximate surface area is 89.6 Å². The molecule has 1 aromatic rings. The maximum Gasteiger partial charge on any atom is 0.335 e. The second-order valence-electron chi connectivity index (χ2n) is 2.98. The van der Waals surface area contributed by atoms with Gasteiger partial charge in [-0.15, -0.1) is 12.6 Å². The van der Waals surface area contributed by atoms with E-state index in [2.05, 4.69) is 23.9 Å². The Morgan fingerprint density at radius 3 is 2.93 bits per heavy atom. The van der Waals surface area contributed by atoms with Gasteiger partial charge in [0.1, 0.15) is 4.38 Å². The topological polar surface area (TPSA) is 49.7 Å². The first-order valence-electron chi connectivity index (χ1n) is 3.98. The number of nitrogens with zero attached hydrogens (tertiary/aromatic N) is 1. The van der Waals surface area contributed by atoms with Gasteiger partial charge in [0.25, 0.3) is 0 Å². The van der Waals surface area contributed by atoms with Crippen LogP contribution in [-0.2, 0) is 0 Å². The number of carbonyl (C=O) groups is 1. The van der Waals surface area contributed by atoms with Gasteiger partial charge in [0.05, 0.1) is 11.3 Å². The van der Waals surface area contributed by atoms with Crippen LogP contribution in [0.5, 0.6) is 0 Å². The van der Waals surface area contributed by atoms with E-state index in [0.29, 0.717) is 0 Å². The van der Waals surface area contributed by atoms with E-state index in [-0.39, 0.29) is 5.56 Å². The molecule has 0 radical (unpaired) electrons. The van der Waals surface area contributed by atoms with Crippen molar-refractivity contribution in [3.63, 3.8) is 0 Å². The molecule has 3 nitrogen and oxygen atoms in total. The predicted molar refractivity (Wildman–Crippen MR) is 62.7 cm³/mol. The van der Waals surface area contributed by atoms with Crippen molar-refractivity contribution in [1.29, 1.82) is 0 Å². The van der Waals surface area contributed by atoms with Crippen molar-refractivity contribution >= 4 is 39.6 Å². The average molecular weight is 227 g/mol. The molecule has 14 heavy (non-hydrogen) atoms. The molecule has 0 aliphatic carbocycles. The third-order valence-electron chi connectivity index (χ3n) is 2.10. The van der Waals surface area contributed by atoms with Gasteiger partial charge in [-0.25, -0.2) is 9.79 Å². The molecule has 0 amide bonds. The SMILES string of the molecule is C[SH]1C(S)=Nc2cc(C(=O)O)ccc21. The number of carboxylic acid groups (broad SMARTS) is 1. The standard InChI is InChI=1S/C9H9NO2S2/c1-14-7-3-2-5(8(11)12)4-6(7)10-9(14)13/h2-4,14H,1H3,(H,10,13)(H,11,12). The Balaban J connectivity index is 2.52. The van der Waals surface area contributed by atoms with Crippen molar-refractivity contribution in [2.45, 2.75) is 4.90 Å². The van der Waals surface area contributed by atoms with Crippen molar-refractivity contribution in [1.82, 2.24) is 0 Å². The van der Waals surface area contributed by atoms with Gasteiger partial charge in [-0.05, 0) is 24.5 Å². The van der Waals surface area contributed by atoms with Gasteiger partial charge < -0.3 is 5.11 Å². The second kappa shape index (κ2) is 3.33. The number of rotatable bonds is 1. The Morgan fingerprint density at radius 1 is 1.57 bits per heavy atom. The lowest BCUT2D eigenvalue weighted by Gasteiger charge is -2.08. The van der Waals surface area contributed by atoms with E-state index in [1.807, 2.05) is 6.07 Å². The molecule has 0 bridgehead atoms. The molecular formula is C9H9NO2S2. The quantitative estimate of drug-likeness (QED) is 0.509. The van der Waals surface area contributed by atoms with E-state index in [9.17, 15) is 4.79 Å². The average Bonchev–Trinajstić information content (AvgIpc) is 2.42. The Kier molecular flexibility index (Phi) is 2.28. The Hall–Kier alpha value is -0.940. The van der Waals surface area contributed by atoms with Crippen LogP contribution in [0.4, 0.5) is 5.69 Å². The molecule has 0 aromatic heterocycles.